The summed E-state index contributed by atoms with van der Waals surface area (Å²) in [5.41, 5.74) is 5.22. The summed E-state index contributed by atoms with van der Waals surface area (Å²) in [5.74, 6) is 0.0448. The third-order valence-electron chi connectivity index (χ3n) is 5.72. The van der Waals surface area contributed by atoms with Gasteiger partial charge in [0.05, 0.1) is 11.8 Å². The molecule has 1 fully saturated rings. The molecule has 6 heteroatoms. The van der Waals surface area contributed by atoms with Crippen LogP contribution in [0.15, 0.2) is 65.8 Å². The fraction of sp³-hybridized carbons (Fsp3) is 0.269. The summed E-state index contributed by atoms with van der Waals surface area (Å²) in [7, 11) is 0. The Morgan fingerprint density at radius 1 is 1.03 bits per heavy atom. The van der Waals surface area contributed by atoms with Crippen LogP contribution in [0.2, 0.25) is 0 Å². The second kappa shape index (κ2) is 10.4. The third kappa shape index (κ3) is 5.51. The highest BCUT2D eigenvalue weighted by atomic mass is 32.1. The van der Waals surface area contributed by atoms with Crippen LogP contribution in [0.3, 0.4) is 0 Å². The number of hydrogen-bond donors (Lipinski definition) is 2. The van der Waals surface area contributed by atoms with Crippen molar-refractivity contribution in [2.45, 2.75) is 45.1 Å². The molecule has 1 aliphatic rings. The van der Waals surface area contributed by atoms with Gasteiger partial charge in [0.15, 0.2) is 5.11 Å². The average Bonchev–Trinajstić information content (AvgIpc) is 2.81. The van der Waals surface area contributed by atoms with E-state index >= 15 is 0 Å². The van der Waals surface area contributed by atoms with E-state index in [1.807, 2.05) is 49.4 Å². The highest BCUT2D eigenvalue weighted by molar-refractivity contribution is 7.80. The minimum absolute atomic E-state index is 0.405. The lowest BCUT2D eigenvalue weighted by Gasteiger charge is -2.23. The second-order valence-corrected chi connectivity index (χ2v) is 8.54. The van der Waals surface area contributed by atoms with Gasteiger partial charge in [0, 0.05) is 11.6 Å². The molecular weight excluding hydrogens is 418 g/mol. The summed E-state index contributed by atoms with van der Waals surface area (Å²) >= 11 is 5.40. The zero-order chi connectivity index (χ0) is 22.3. The molecule has 3 aromatic carbocycles. The van der Waals surface area contributed by atoms with E-state index in [-0.39, 0.29) is 0 Å². The first kappa shape index (κ1) is 22.0. The number of fused-ring (bicyclic) bond motifs is 1. The number of esters is 1. The predicted octanol–water partition coefficient (Wildman–Crippen LogP) is 5.50. The molecule has 0 amide bonds. The maximum atomic E-state index is 12.7. The number of thiocarbonyl (C=S) groups is 1. The zero-order valence-corrected chi connectivity index (χ0v) is 19.0. The van der Waals surface area contributed by atoms with Crippen LogP contribution in [0.5, 0.6) is 5.75 Å². The molecule has 3 aromatic rings. The summed E-state index contributed by atoms with van der Waals surface area (Å²) in [6.45, 7) is 1.98. The lowest BCUT2D eigenvalue weighted by atomic mass is 9.96. The van der Waals surface area contributed by atoms with E-state index in [9.17, 15) is 4.79 Å². The first-order valence-electron chi connectivity index (χ1n) is 11.0. The van der Waals surface area contributed by atoms with Crippen molar-refractivity contribution in [1.29, 1.82) is 0 Å². The molecule has 0 aliphatic heterocycles. The van der Waals surface area contributed by atoms with Crippen LogP contribution in [0, 0.1) is 6.92 Å². The number of nitrogens with one attached hydrogen (secondary N) is 2. The molecule has 0 atom stereocenters. The van der Waals surface area contributed by atoms with Crippen LogP contribution in [-0.4, -0.2) is 23.3 Å². The molecule has 0 bridgehead atoms. The first-order chi connectivity index (χ1) is 15.6. The SMILES string of the molecule is Cc1ccc(C(=O)Oc2ccc3ccccc3c2/C=N\NC(=S)NC2CCCCC2)cc1. The molecule has 32 heavy (non-hydrogen) atoms. The van der Waals surface area contributed by atoms with E-state index in [0.29, 0.717) is 22.5 Å². The summed E-state index contributed by atoms with van der Waals surface area (Å²) < 4.78 is 5.75. The van der Waals surface area contributed by atoms with E-state index in [0.717, 1.165) is 34.7 Å². The number of nitrogens with zero attached hydrogens (tertiary/aromatic N) is 1. The van der Waals surface area contributed by atoms with Crippen molar-refractivity contribution in [3.05, 3.63) is 77.4 Å². The van der Waals surface area contributed by atoms with Crippen molar-refractivity contribution >= 4 is 40.3 Å². The topological polar surface area (TPSA) is 62.7 Å². The van der Waals surface area contributed by atoms with Crippen molar-refractivity contribution in [3.8, 4) is 5.75 Å². The maximum absolute atomic E-state index is 12.7. The Morgan fingerprint density at radius 3 is 2.56 bits per heavy atom. The number of hydrazone groups is 1. The molecule has 2 N–H and O–H groups in total. The van der Waals surface area contributed by atoms with Gasteiger partial charge in [0.1, 0.15) is 5.75 Å². The standard InChI is InChI=1S/C26H27N3O2S/c1-18-11-13-20(14-12-18)25(30)31-24-16-15-19-7-5-6-10-22(19)23(24)17-27-29-26(32)28-21-8-3-2-4-9-21/h5-7,10-17,21H,2-4,8-9H2,1H3,(H2,28,29,32)/b27-17-. The molecule has 0 heterocycles. The predicted molar refractivity (Wildman–Crippen MR) is 133 cm³/mol. The Balaban J connectivity index is 1.53. The fourth-order valence-corrected chi connectivity index (χ4v) is 4.19. The Bertz CT molecular complexity index is 1140. The lowest BCUT2D eigenvalue weighted by molar-refractivity contribution is 0.0734. The number of hydrogen-bond acceptors (Lipinski definition) is 4. The van der Waals surface area contributed by atoms with Crippen LogP contribution in [0.25, 0.3) is 10.8 Å². The minimum atomic E-state index is -0.405. The number of ether oxygens (including phenoxy) is 1. The van der Waals surface area contributed by atoms with Crippen molar-refractivity contribution < 1.29 is 9.53 Å². The van der Waals surface area contributed by atoms with Gasteiger partial charge in [-0.05, 0) is 61.0 Å². The number of aryl methyl sites for hydroxylation is 1. The number of carbonyl (C=O) groups excluding carboxylic acids is 1. The zero-order valence-electron chi connectivity index (χ0n) is 18.1. The van der Waals surface area contributed by atoms with Crippen LogP contribution < -0.4 is 15.5 Å². The van der Waals surface area contributed by atoms with Crippen LogP contribution >= 0.6 is 12.2 Å². The Labute approximate surface area is 193 Å². The van der Waals surface area contributed by atoms with E-state index in [2.05, 4.69) is 15.8 Å². The number of rotatable bonds is 5. The van der Waals surface area contributed by atoms with Gasteiger partial charge in [-0.1, -0.05) is 67.3 Å². The third-order valence-corrected chi connectivity index (χ3v) is 5.93. The summed E-state index contributed by atoms with van der Waals surface area (Å²) in [6.07, 6.45) is 7.68. The number of benzene rings is 3. The molecule has 1 aliphatic carbocycles. The van der Waals surface area contributed by atoms with Crippen LogP contribution in [0.4, 0.5) is 0 Å². The molecular formula is C26H27N3O2S. The molecule has 0 saturated heterocycles. The molecule has 0 spiro atoms. The molecule has 4 rings (SSSR count). The van der Waals surface area contributed by atoms with Gasteiger partial charge in [-0.3, -0.25) is 5.43 Å². The largest absolute Gasteiger partial charge is 0.422 e. The van der Waals surface area contributed by atoms with Crippen molar-refractivity contribution in [3.63, 3.8) is 0 Å². The van der Waals surface area contributed by atoms with Gasteiger partial charge in [0.2, 0.25) is 0 Å². The molecule has 5 nitrogen and oxygen atoms in total. The van der Waals surface area contributed by atoms with E-state index in [1.54, 1.807) is 24.4 Å². The van der Waals surface area contributed by atoms with Crippen molar-refractivity contribution in [2.24, 2.45) is 5.10 Å². The minimum Gasteiger partial charge on any atom is -0.422 e. The second-order valence-electron chi connectivity index (χ2n) is 8.13. The smallest absolute Gasteiger partial charge is 0.343 e. The van der Waals surface area contributed by atoms with Gasteiger partial charge in [-0.2, -0.15) is 5.10 Å². The first-order valence-corrected chi connectivity index (χ1v) is 11.4. The Hall–Kier alpha value is -3.25. The van der Waals surface area contributed by atoms with Crippen molar-refractivity contribution in [2.75, 3.05) is 0 Å². The molecule has 0 unspecified atom stereocenters. The Kier molecular flexibility index (Phi) is 7.12. The highest BCUT2D eigenvalue weighted by Gasteiger charge is 2.15. The van der Waals surface area contributed by atoms with E-state index in [1.165, 1.54) is 19.3 Å². The normalized spacial score (nSPS) is 14.4. The van der Waals surface area contributed by atoms with Crippen LogP contribution in [0.1, 0.15) is 53.6 Å². The van der Waals surface area contributed by atoms with Crippen molar-refractivity contribution in [1.82, 2.24) is 10.7 Å². The monoisotopic (exact) mass is 445 g/mol. The summed E-state index contributed by atoms with van der Waals surface area (Å²) in [6, 6.07) is 19.4. The van der Waals surface area contributed by atoms with E-state index in [4.69, 9.17) is 17.0 Å². The molecule has 1 saturated carbocycles. The number of carbonyl (C=O) groups is 1. The average molecular weight is 446 g/mol. The quantitative estimate of drug-likeness (QED) is 0.179. The highest BCUT2D eigenvalue weighted by Crippen LogP contribution is 2.27. The lowest BCUT2D eigenvalue weighted by Crippen LogP contribution is -2.40. The van der Waals surface area contributed by atoms with E-state index < -0.39 is 5.97 Å². The maximum Gasteiger partial charge on any atom is 0.343 e. The fourth-order valence-electron chi connectivity index (χ4n) is 3.97. The molecule has 0 aromatic heterocycles. The Morgan fingerprint density at radius 2 is 1.78 bits per heavy atom. The van der Waals surface area contributed by atoms with Gasteiger partial charge in [0.25, 0.3) is 0 Å². The van der Waals surface area contributed by atoms with Crippen LogP contribution in [-0.2, 0) is 0 Å². The van der Waals surface area contributed by atoms with Gasteiger partial charge >= 0.3 is 5.97 Å². The molecule has 0 radical (unpaired) electrons. The summed E-state index contributed by atoms with van der Waals surface area (Å²) in [4.78, 5) is 12.7. The van der Waals surface area contributed by atoms with Gasteiger partial charge in [-0.25, -0.2) is 4.79 Å². The van der Waals surface area contributed by atoms with Gasteiger partial charge in [-0.15, -0.1) is 0 Å². The summed E-state index contributed by atoms with van der Waals surface area (Å²) in [5, 5.41) is 10.2. The molecule has 164 valence electrons. The van der Waals surface area contributed by atoms with Gasteiger partial charge < -0.3 is 10.1 Å².